The van der Waals surface area contributed by atoms with E-state index in [0.717, 1.165) is 12.0 Å². The first-order valence-corrected chi connectivity index (χ1v) is 11.7. The van der Waals surface area contributed by atoms with Gasteiger partial charge in [-0.05, 0) is 54.5 Å². The number of hydrogen-bond donors (Lipinski definition) is 1. The van der Waals surface area contributed by atoms with Crippen molar-refractivity contribution in [2.75, 3.05) is 6.54 Å². The normalized spacial score (nSPS) is 20.5. The van der Waals surface area contributed by atoms with Gasteiger partial charge in [0.05, 0.1) is 4.90 Å². The Balaban J connectivity index is 2.04. The average Bonchev–Trinajstić information content (AvgIpc) is 2.89. The molecule has 2 aromatic rings. The molecule has 0 aliphatic carbocycles. The van der Waals surface area contributed by atoms with Crippen LogP contribution in [0.4, 0.5) is 0 Å². The van der Waals surface area contributed by atoms with Crippen LogP contribution in [0.2, 0.25) is 5.02 Å². The summed E-state index contributed by atoms with van der Waals surface area (Å²) < 4.78 is 28.5. The van der Waals surface area contributed by atoms with Gasteiger partial charge < -0.3 is 5.32 Å². The maximum absolute atomic E-state index is 13.6. The van der Waals surface area contributed by atoms with Crippen molar-refractivity contribution in [1.82, 2.24) is 9.62 Å². The topological polar surface area (TPSA) is 66.5 Å². The van der Waals surface area contributed by atoms with Crippen LogP contribution in [-0.4, -0.2) is 31.2 Å². The first kappa shape index (κ1) is 21.8. The van der Waals surface area contributed by atoms with Crippen LogP contribution in [0.1, 0.15) is 32.3 Å². The highest BCUT2D eigenvalue weighted by atomic mass is 35.5. The molecule has 1 saturated heterocycles. The molecule has 3 rings (SSSR count). The summed E-state index contributed by atoms with van der Waals surface area (Å²) in [5.74, 6) is 0.390. The summed E-state index contributed by atoms with van der Waals surface area (Å²) in [6.45, 7) is 4.94. The van der Waals surface area contributed by atoms with Gasteiger partial charge in [-0.2, -0.15) is 4.31 Å². The number of carbonyl (C=O) groups is 1. The van der Waals surface area contributed by atoms with E-state index in [0.29, 0.717) is 23.9 Å². The van der Waals surface area contributed by atoms with Crippen molar-refractivity contribution < 1.29 is 13.2 Å². The largest absolute Gasteiger partial charge is 0.355 e. The van der Waals surface area contributed by atoms with Gasteiger partial charge in [-0.3, -0.25) is 4.79 Å². The number of hydrogen-bond acceptors (Lipinski definition) is 3. The quantitative estimate of drug-likeness (QED) is 0.744. The van der Waals surface area contributed by atoms with Crippen molar-refractivity contribution in [2.24, 2.45) is 11.8 Å². The van der Waals surface area contributed by atoms with Crippen molar-refractivity contribution in [3.05, 3.63) is 65.2 Å². The summed E-state index contributed by atoms with van der Waals surface area (Å²) in [5.41, 5.74) is 0.836. The molecule has 0 saturated carbocycles. The fraction of sp³-hybridized carbons (Fsp3) is 0.409. The lowest BCUT2D eigenvalue weighted by atomic mass is 9.87. The average molecular weight is 435 g/mol. The lowest BCUT2D eigenvalue weighted by molar-refractivity contribution is -0.124. The molecule has 156 valence electrons. The van der Waals surface area contributed by atoms with Crippen molar-refractivity contribution in [3.8, 4) is 0 Å². The highest BCUT2D eigenvalue weighted by Crippen LogP contribution is 2.30. The first-order chi connectivity index (χ1) is 13.8. The Morgan fingerprint density at radius 3 is 2.38 bits per heavy atom. The van der Waals surface area contributed by atoms with Crippen molar-refractivity contribution >= 4 is 27.5 Å². The number of amides is 1. The Bertz CT molecular complexity index is 930. The highest BCUT2D eigenvalue weighted by molar-refractivity contribution is 7.89. The molecule has 2 atom stereocenters. The van der Waals surface area contributed by atoms with Gasteiger partial charge >= 0.3 is 0 Å². The van der Waals surface area contributed by atoms with Crippen LogP contribution in [0.3, 0.4) is 0 Å². The Morgan fingerprint density at radius 2 is 1.76 bits per heavy atom. The van der Waals surface area contributed by atoms with E-state index in [9.17, 15) is 13.2 Å². The van der Waals surface area contributed by atoms with Gasteiger partial charge in [-0.1, -0.05) is 55.8 Å². The number of carbonyl (C=O) groups excluding carboxylic acids is 1. The number of nitrogens with one attached hydrogen (secondary N) is 1. The summed E-state index contributed by atoms with van der Waals surface area (Å²) in [7, 11) is -3.90. The fourth-order valence-corrected chi connectivity index (χ4v) is 5.44. The van der Waals surface area contributed by atoms with Crippen LogP contribution >= 0.6 is 11.6 Å². The maximum atomic E-state index is 13.6. The molecule has 1 N–H and O–H groups in total. The lowest BCUT2D eigenvalue weighted by Crippen LogP contribution is -2.48. The number of rotatable bonds is 6. The zero-order valence-corrected chi connectivity index (χ0v) is 18.3. The minimum absolute atomic E-state index is 0.134. The molecule has 29 heavy (non-hydrogen) atoms. The standard InChI is InChI=1S/C22H27ClN2O3S/c1-16(2)18-12-13-24-22(26)21(14-18)25(15-17-6-4-3-5-7-17)29(27,28)20-10-8-19(23)9-11-20/h3-11,16,18,21H,12-15H2,1-2H3,(H,24,26). The monoisotopic (exact) mass is 434 g/mol. The molecule has 0 bridgehead atoms. The summed E-state index contributed by atoms with van der Waals surface area (Å²) in [4.78, 5) is 13.0. The summed E-state index contributed by atoms with van der Waals surface area (Å²) >= 11 is 5.95. The second kappa shape index (κ2) is 9.28. The van der Waals surface area contributed by atoms with Gasteiger partial charge in [0.15, 0.2) is 0 Å². The summed E-state index contributed by atoms with van der Waals surface area (Å²) in [6.07, 6.45) is 1.35. The molecule has 7 heteroatoms. The minimum Gasteiger partial charge on any atom is -0.355 e. The molecule has 0 radical (unpaired) electrons. The molecular weight excluding hydrogens is 408 g/mol. The Morgan fingerprint density at radius 1 is 1.10 bits per heavy atom. The van der Waals surface area contributed by atoms with Crippen LogP contribution in [0.5, 0.6) is 0 Å². The van der Waals surface area contributed by atoms with Crippen molar-refractivity contribution in [1.29, 1.82) is 0 Å². The lowest BCUT2D eigenvalue weighted by Gasteiger charge is -2.31. The Hall–Kier alpha value is -1.89. The predicted molar refractivity (Wildman–Crippen MR) is 115 cm³/mol. The van der Waals surface area contributed by atoms with E-state index in [1.54, 1.807) is 12.1 Å². The number of sulfonamides is 1. The highest BCUT2D eigenvalue weighted by Gasteiger charge is 2.39. The van der Waals surface area contributed by atoms with E-state index in [4.69, 9.17) is 11.6 Å². The van der Waals surface area contributed by atoms with Gasteiger partial charge in [0, 0.05) is 18.1 Å². The number of nitrogens with zero attached hydrogens (tertiary/aromatic N) is 1. The molecule has 2 unspecified atom stereocenters. The zero-order chi connectivity index (χ0) is 21.0. The Labute approximate surface area is 178 Å². The van der Waals surface area contributed by atoms with Gasteiger partial charge in [-0.15, -0.1) is 0 Å². The molecule has 1 aliphatic rings. The van der Waals surface area contributed by atoms with E-state index in [2.05, 4.69) is 19.2 Å². The van der Waals surface area contributed by atoms with Gasteiger partial charge in [0.2, 0.25) is 15.9 Å². The van der Waals surface area contributed by atoms with Crippen molar-refractivity contribution in [2.45, 2.75) is 44.2 Å². The van der Waals surface area contributed by atoms with Gasteiger partial charge in [0.25, 0.3) is 0 Å². The molecule has 1 heterocycles. The molecular formula is C22H27ClN2O3S. The van der Waals surface area contributed by atoms with E-state index in [-0.39, 0.29) is 23.3 Å². The van der Waals surface area contributed by atoms with E-state index in [1.165, 1.54) is 16.4 Å². The molecule has 2 aromatic carbocycles. The second-order valence-corrected chi connectivity index (χ2v) is 10.2. The third kappa shape index (κ3) is 5.18. The molecule has 1 fully saturated rings. The van der Waals surface area contributed by atoms with Crippen LogP contribution in [0.25, 0.3) is 0 Å². The van der Waals surface area contributed by atoms with Crippen LogP contribution in [0, 0.1) is 11.8 Å². The smallest absolute Gasteiger partial charge is 0.244 e. The molecule has 5 nitrogen and oxygen atoms in total. The second-order valence-electron chi connectivity index (χ2n) is 7.83. The SMILES string of the molecule is CC(C)C1CCNC(=O)C(N(Cc2ccccc2)S(=O)(=O)c2ccc(Cl)cc2)C1. The summed E-state index contributed by atoms with van der Waals surface area (Å²) in [5, 5.41) is 3.38. The fourth-order valence-electron chi connectivity index (χ4n) is 3.73. The number of benzene rings is 2. The van der Waals surface area contributed by atoms with Gasteiger partial charge in [-0.25, -0.2) is 8.42 Å². The van der Waals surface area contributed by atoms with Gasteiger partial charge in [0.1, 0.15) is 6.04 Å². The van der Waals surface area contributed by atoms with Crippen LogP contribution < -0.4 is 5.32 Å². The molecule has 1 amide bonds. The summed E-state index contributed by atoms with van der Waals surface area (Å²) in [6, 6.07) is 14.7. The van der Waals surface area contributed by atoms with Crippen molar-refractivity contribution in [3.63, 3.8) is 0 Å². The zero-order valence-electron chi connectivity index (χ0n) is 16.7. The third-order valence-corrected chi connectivity index (χ3v) is 7.66. The minimum atomic E-state index is -3.90. The molecule has 0 spiro atoms. The Kier molecular flexibility index (Phi) is 6.98. The number of halogens is 1. The van der Waals surface area contributed by atoms with E-state index in [1.807, 2.05) is 30.3 Å². The third-order valence-electron chi connectivity index (χ3n) is 5.53. The molecule has 0 aromatic heterocycles. The van der Waals surface area contributed by atoms with Crippen LogP contribution in [-0.2, 0) is 21.4 Å². The van der Waals surface area contributed by atoms with Crippen LogP contribution in [0.15, 0.2) is 59.5 Å². The van der Waals surface area contributed by atoms with E-state index < -0.39 is 16.1 Å². The first-order valence-electron chi connectivity index (χ1n) is 9.88. The maximum Gasteiger partial charge on any atom is 0.244 e. The predicted octanol–water partition coefficient (Wildman–Crippen LogP) is 4.08. The molecule has 1 aliphatic heterocycles. The van der Waals surface area contributed by atoms with E-state index >= 15 is 0 Å².